The van der Waals surface area contributed by atoms with E-state index < -0.39 is 5.91 Å². The van der Waals surface area contributed by atoms with Crippen LogP contribution in [0.2, 0.25) is 0 Å². The zero-order chi connectivity index (χ0) is 30.5. The lowest BCUT2D eigenvalue weighted by molar-refractivity contribution is -0.119. The summed E-state index contributed by atoms with van der Waals surface area (Å²) in [5, 5.41) is 9.94. The molecule has 43 heavy (non-hydrogen) atoms. The van der Waals surface area contributed by atoms with Gasteiger partial charge in [-0.3, -0.25) is 14.5 Å². The molecule has 1 aromatic heterocycles. The summed E-state index contributed by atoms with van der Waals surface area (Å²) in [5.41, 5.74) is 9.89. The fourth-order valence-corrected chi connectivity index (χ4v) is 6.84. The van der Waals surface area contributed by atoms with Crippen molar-refractivity contribution in [2.75, 3.05) is 61.8 Å². The Bertz CT molecular complexity index is 1280. The van der Waals surface area contributed by atoms with E-state index in [4.69, 9.17) is 10.7 Å². The number of carbonyl (C=O) groups excluding carboxylic acids is 2. The van der Waals surface area contributed by atoms with E-state index in [2.05, 4.69) is 61.7 Å². The number of nitrogens with one attached hydrogen (secondary N) is 3. The first-order valence-electron chi connectivity index (χ1n) is 16.0. The summed E-state index contributed by atoms with van der Waals surface area (Å²) in [5.74, 6) is 0.444. The SMILES string of the molecule is CCc1nc(C(N)=O)c(Nc2ccc(N3CCC(N4CCN(C)CC4)CC3)c(C)c2)nc1NC1CCC(NC(C)=O)CC1. The average molecular weight is 592 g/mol. The minimum absolute atomic E-state index is 0.0161. The highest BCUT2D eigenvalue weighted by atomic mass is 16.1. The third kappa shape index (κ3) is 7.75. The van der Waals surface area contributed by atoms with Gasteiger partial charge in [0.2, 0.25) is 5.91 Å². The number of aryl methyl sites for hydroxylation is 2. The molecule has 2 aromatic rings. The number of piperazine rings is 1. The molecule has 0 spiro atoms. The largest absolute Gasteiger partial charge is 0.371 e. The molecule has 1 aliphatic carbocycles. The number of anilines is 4. The molecule has 5 rings (SSSR count). The number of rotatable bonds is 9. The first-order valence-corrected chi connectivity index (χ1v) is 16.0. The summed E-state index contributed by atoms with van der Waals surface area (Å²) in [7, 11) is 2.21. The number of nitrogens with two attached hydrogens (primary N) is 1. The first-order chi connectivity index (χ1) is 20.7. The Morgan fingerprint density at radius 1 is 0.930 bits per heavy atom. The number of primary amides is 1. The van der Waals surface area contributed by atoms with Gasteiger partial charge in [0.1, 0.15) is 5.82 Å². The standard InChI is InChI=1S/C32H49N9O2/c1-5-27-31(35-24-8-6-23(7-9-24)34-22(3)42)38-32(29(37-27)30(33)43)36-25-10-11-28(21(2)20-25)41-14-12-26(13-15-41)40-18-16-39(4)17-19-40/h10-11,20,23-24,26H,5-9,12-19H2,1-4H3,(H2,33,43)(H,34,42)(H2,35,36,38). The van der Waals surface area contributed by atoms with Crippen LogP contribution in [0, 0.1) is 6.92 Å². The molecule has 1 aromatic carbocycles. The lowest BCUT2D eigenvalue weighted by Gasteiger charge is -2.43. The molecule has 2 amide bonds. The van der Waals surface area contributed by atoms with Crippen LogP contribution in [0.3, 0.4) is 0 Å². The number of hydrogen-bond donors (Lipinski definition) is 4. The number of carbonyl (C=O) groups is 2. The lowest BCUT2D eigenvalue weighted by Crippen LogP contribution is -2.52. The molecule has 234 valence electrons. The highest BCUT2D eigenvalue weighted by Crippen LogP contribution is 2.31. The third-order valence-corrected chi connectivity index (χ3v) is 9.33. The molecule has 0 radical (unpaired) electrons. The van der Waals surface area contributed by atoms with Gasteiger partial charge in [0.25, 0.3) is 5.91 Å². The maximum absolute atomic E-state index is 12.4. The zero-order valence-corrected chi connectivity index (χ0v) is 26.3. The number of benzene rings is 1. The predicted molar refractivity (Wildman–Crippen MR) is 172 cm³/mol. The quantitative estimate of drug-likeness (QED) is 0.347. The summed E-state index contributed by atoms with van der Waals surface area (Å²) in [6.45, 7) is 12.5. The fourth-order valence-electron chi connectivity index (χ4n) is 6.84. The number of piperidine rings is 1. The van der Waals surface area contributed by atoms with Crippen LogP contribution in [-0.4, -0.2) is 96.0 Å². The second-order valence-corrected chi connectivity index (χ2v) is 12.5. The molecular formula is C32H49N9O2. The van der Waals surface area contributed by atoms with Crippen molar-refractivity contribution in [2.24, 2.45) is 5.73 Å². The highest BCUT2D eigenvalue weighted by Gasteiger charge is 2.28. The highest BCUT2D eigenvalue weighted by molar-refractivity contribution is 5.96. The van der Waals surface area contributed by atoms with Gasteiger partial charge in [0, 0.05) is 75.7 Å². The number of likely N-dealkylation sites (N-methyl/N-ethyl adjacent to an activating group) is 1. The molecule has 1 saturated carbocycles. The van der Waals surface area contributed by atoms with Crippen LogP contribution >= 0.6 is 0 Å². The minimum atomic E-state index is -0.608. The Morgan fingerprint density at radius 2 is 1.60 bits per heavy atom. The van der Waals surface area contributed by atoms with Crippen molar-refractivity contribution in [2.45, 2.75) is 83.8 Å². The zero-order valence-electron chi connectivity index (χ0n) is 26.3. The summed E-state index contributed by atoms with van der Waals surface area (Å²) in [6.07, 6.45) is 6.67. The van der Waals surface area contributed by atoms with E-state index >= 15 is 0 Å². The van der Waals surface area contributed by atoms with Crippen LogP contribution < -0.4 is 26.6 Å². The summed E-state index contributed by atoms with van der Waals surface area (Å²) in [6, 6.07) is 7.44. The van der Waals surface area contributed by atoms with Crippen molar-refractivity contribution < 1.29 is 9.59 Å². The van der Waals surface area contributed by atoms with Gasteiger partial charge in [0.15, 0.2) is 11.5 Å². The van der Waals surface area contributed by atoms with Gasteiger partial charge in [-0.05, 0) is 82.7 Å². The summed E-state index contributed by atoms with van der Waals surface area (Å²) >= 11 is 0. The minimum Gasteiger partial charge on any atom is -0.371 e. The van der Waals surface area contributed by atoms with Crippen LogP contribution in [-0.2, 0) is 11.2 Å². The van der Waals surface area contributed by atoms with Gasteiger partial charge >= 0.3 is 0 Å². The summed E-state index contributed by atoms with van der Waals surface area (Å²) in [4.78, 5) is 40.9. The fraction of sp³-hybridized carbons (Fsp3) is 0.625. The molecule has 3 heterocycles. The topological polar surface area (TPSA) is 132 Å². The Kier molecular flexibility index (Phi) is 10.0. The summed E-state index contributed by atoms with van der Waals surface area (Å²) < 4.78 is 0. The molecule has 3 aliphatic rings. The lowest BCUT2D eigenvalue weighted by atomic mass is 9.91. The Morgan fingerprint density at radius 3 is 2.21 bits per heavy atom. The Balaban J connectivity index is 1.25. The smallest absolute Gasteiger partial charge is 0.271 e. The van der Waals surface area contributed by atoms with Crippen molar-refractivity contribution in [3.05, 3.63) is 35.2 Å². The molecular weight excluding hydrogens is 542 g/mol. The van der Waals surface area contributed by atoms with Gasteiger partial charge in [-0.15, -0.1) is 0 Å². The number of aromatic nitrogens is 2. The second kappa shape index (κ2) is 13.9. The normalized spacial score (nSPS) is 22.3. The van der Waals surface area contributed by atoms with Gasteiger partial charge in [-0.25, -0.2) is 9.97 Å². The Labute approximate surface area is 256 Å². The van der Waals surface area contributed by atoms with Crippen molar-refractivity contribution in [3.8, 4) is 0 Å². The van der Waals surface area contributed by atoms with E-state index in [0.29, 0.717) is 24.1 Å². The molecule has 2 saturated heterocycles. The van der Waals surface area contributed by atoms with Crippen LogP contribution in [0.25, 0.3) is 0 Å². The van der Waals surface area contributed by atoms with E-state index in [1.54, 1.807) is 6.92 Å². The maximum atomic E-state index is 12.4. The third-order valence-electron chi connectivity index (χ3n) is 9.33. The first kappa shape index (κ1) is 31.0. The molecule has 11 heteroatoms. The molecule has 0 atom stereocenters. The number of amides is 2. The molecule has 0 unspecified atom stereocenters. The van der Waals surface area contributed by atoms with Crippen LogP contribution in [0.1, 0.15) is 74.1 Å². The van der Waals surface area contributed by atoms with Crippen LogP contribution in [0.15, 0.2) is 18.2 Å². The monoisotopic (exact) mass is 591 g/mol. The number of nitrogens with zero attached hydrogens (tertiary/aromatic N) is 5. The number of hydrogen-bond acceptors (Lipinski definition) is 9. The molecule has 2 aliphatic heterocycles. The van der Waals surface area contributed by atoms with Gasteiger partial charge in [0.05, 0.1) is 5.69 Å². The predicted octanol–water partition coefficient (Wildman–Crippen LogP) is 3.27. The van der Waals surface area contributed by atoms with Crippen molar-refractivity contribution in [3.63, 3.8) is 0 Å². The average Bonchev–Trinajstić information content (AvgIpc) is 2.98. The van der Waals surface area contributed by atoms with Crippen molar-refractivity contribution in [1.82, 2.24) is 25.1 Å². The van der Waals surface area contributed by atoms with E-state index in [0.717, 1.165) is 63.2 Å². The van der Waals surface area contributed by atoms with E-state index in [1.165, 1.54) is 37.2 Å². The molecule has 11 nitrogen and oxygen atoms in total. The van der Waals surface area contributed by atoms with Gasteiger partial charge < -0.3 is 31.5 Å². The molecule has 3 fully saturated rings. The van der Waals surface area contributed by atoms with Crippen molar-refractivity contribution >= 4 is 34.8 Å². The van der Waals surface area contributed by atoms with Crippen LogP contribution in [0.4, 0.5) is 23.0 Å². The van der Waals surface area contributed by atoms with E-state index in [9.17, 15) is 9.59 Å². The second-order valence-electron chi connectivity index (χ2n) is 12.5. The van der Waals surface area contributed by atoms with Gasteiger partial charge in [-0.1, -0.05) is 6.92 Å². The van der Waals surface area contributed by atoms with E-state index in [1.807, 2.05) is 13.0 Å². The van der Waals surface area contributed by atoms with Gasteiger partial charge in [-0.2, -0.15) is 0 Å². The van der Waals surface area contributed by atoms with Crippen molar-refractivity contribution in [1.29, 1.82) is 0 Å². The maximum Gasteiger partial charge on any atom is 0.271 e. The van der Waals surface area contributed by atoms with E-state index in [-0.39, 0.29) is 23.7 Å². The molecule has 0 bridgehead atoms. The Hall–Kier alpha value is -3.44. The molecule has 5 N–H and O–H groups in total. The van der Waals surface area contributed by atoms with Crippen LogP contribution in [0.5, 0.6) is 0 Å².